The molecule has 6 rings (SSSR count). The number of hydrogen-bond donors (Lipinski definition) is 3. The number of fused-ring (bicyclic) bond motifs is 1. The maximum atomic E-state index is 13.2. The van der Waals surface area contributed by atoms with Gasteiger partial charge in [0.25, 0.3) is 5.91 Å². The lowest BCUT2D eigenvalue weighted by molar-refractivity contribution is -0.180. The van der Waals surface area contributed by atoms with E-state index in [0.717, 1.165) is 36.3 Å². The second-order valence-corrected chi connectivity index (χ2v) is 12.2. The molecule has 2 bridgehead atoms. The first kappa shape index (κ1) is 25.2. The smallest absolute Gasteiger partial charge is 0.252 e. The minimum atomic E-state index is -0.993. The van der Waals surface area contributed by atoms with Gasteiger partial charge in [0.2, 0.25) is 5.91 Å². The summed E-state index contributed by atoms with van der Waals surface area (Å²) in [5.74, 6) is 0.433. The Labute approximate surface area is 223 Å². The maximum Gasteiger partial charge on any atom is 0.252 e. The van der Waals surface area contributed by atoms with Crippen LogP contribution in [0.15, 0.2) is 41.2 Å². The minimum Gasteiger partial charge on any atom is -0.507 e. The van der Waals surface area contributed by atoms with E-state index >= 15 is 0 Å². The SMILES string of the molecule is CN(C(=O)/C=C/c1ccoc1)C1CC[C@@]2(O)[C@H]3Cc4ccc(C(N)=O)c(O)c4[C@@]2(CCC3CC2CCC2)C1. The summed E-state index contributed by atoms with van der Waals surface area (Å²) in [6, 6.07) is 5.25. The molecule has 1 heterocycles. The number of carbonyl (C=O) groups excluding carboxylic acids is 2. The summed E-state index contributed by atoms with van der Waals surface area (Å²) in [5, 5.41) is 24.1. The van der Waals surface area contributed by atoms with Crippen LogP contribution in [0.25, 0.3) is 6.08 Å². The zero-order valence-corrected chi connectivity index (χ0v) is 22.1. The summed E-state index contributed by atoms with van der Waals surface area (Å²) in [6.45, 7) is 0. The standard InChI is InChI=1S/C31H38N2O5/c1-33(26(34)8-5-20-11-14-38-18-20)23-10-13-31(37)25-16-22-6-7-24(29(32)36)28(35)27(22)30(31,17-23)12-9-21(25)15-19-3-2-4-19/h5-8,11,14,18-19,21,23,25,35,37H,2-4,9-10,12-13,15-17H2,1H3,(H2,32,36)/b8-5+/t21?,23?,25-,30+,31+/m0/s1. The number of carbonyl (C=O) groups is 2. The minimum absolute atomic E-state index is 0.0844. The molecule has 38 heavy (non-hydrogen) atoms. The Morgan fingerprint density at radius 3 is 2.68 bits per heavy atom. The molecule has 2 aromatic rings. The summed E-state index contributed by atoms with van der Waals surface area (Å²) in [4.78, 5) is 27.1. The van der Waals surface area contributed by atoms with Crippen LogP contribution in [0.1, 0.15) is 84.8 Å². The van der Waals surface area contributed by atoms with Gasteiger partial charge in [0.15, 0.2) is 0 Å². The largest absolute Gasteiger partial charge is 0.507 e. The predicted molar refractivity (Wildman–Crippen MR) is 143 cm³/mol. The average molecular weight is 519 g/mol. The number of likely N-dealkylation sites (N-methyl/N-ethyl adjacent to an activating group) is 1. The van der Waals surface area contributed by atoms with Gasteiger partial charge in [-0.3, -0.25) is 9.59 Å². The van der Waals surface area contributed by atoms with Gasteiger partial charge in [-0.1, -0.05) is 25.3 Å². The Kier molecular flexibility index (Phi) is 6.17. The molecule has 3 saturated carbocycles. The Morgan fingerprint density at radius 1 is 1.18 bits per heavy atom. The van der Waals surface area contributed by atoms with Crippen LogP contribution in [0.5, 0.6) is 5.75 Å². The third-order valence-corrected chi connectivity index (χ3v) is 10.6. The number of phenols is 1. The summed E-state index contributed by atoms with van der Waals surface area (Å²) >= 11 is 0. The number of aliphatic hydroxyl groups is 1. The molecule has 5 atom stereocenters. The molecule has 0 spiro atoms. The molecule has 3 fully saturated rings. The normalized spacial score (nSPS) is 32.3. The molecule has 0 aliphatic heterocycles. The van der Waals surface area contributed by atoms with Crippen molar-refractivity contribution in [3.8, 4) is 5.75 Å². The van der Waals surface area contributed by atoms with Crippen molar-refractivity contribution in [3.05, 3.63) is 59.1 Å². The molecule has 7 nitrogen and oxygen atoms in total. The Balaban J connectivity index is 1.37. The van der Waals surface area contributed by atoms with E-state index in [1.807, 2.05) is 13.1 Å². The van der Waals surface area contributed by atoms with Gasteiger partial charge in [-0.25, -0.2) is 0 Å². The number of rotatable bonds is 6. The number of benzene rings is 1. The van der Waals surface area contributed by atoms with Crippen molar-refractivity contribution in [2.45, 2.75) is 81.3 Å². The number of primary amides is 1. The van der Waals surface area contributed by atoms with Gasteiger partial charge in [-0.2, -0.15) is 0 Å². The van der Waals surface area contributed by atoms with Crippen molar-refractivity contribution >= 4 is 17.9 Å². The van der Waals surface area contributed by atoms with Gasteiger partial charge in [0.1, 0.15) is 5.75 Å². The van der Waals surface area contributed by atoms with Gasteiger partial charge in [-0.15, -0.1) is 0 Å². The van der Waals surface area contributed by atoms with Crippen molar-refractivity contribution < 1.29 is 24.2 Å². The lowest BCUT2D eigenvalue weighted by atomic mass is 9.42. The third-order valence-electron chi connectivity index (χ3n) is 10.6. The molecule has 2 amide bonds. The Hall–Kier alpha value is -3.06. The summed E-state index contributed by atoms with van der Waals surface area (Å²) in [6.07, 6.45) is 15.7. The fourth-order valence-corrected chi connectivity index (χ4v) is 8.34. The van der Waals surface area contributed by atoms with E-state index in [-0.39, 0.29) is 29.2 Å². The van der Waals surface area contributed by atoms with Crippen LogP contribution in [-0.2, 0) is 16.6 Å². The molecule has 0 radical (unpaired) electrons. The van der Waals surface area contributed by atoms with Crippen LogP contribution in [0.4, 0.5) is 0 Å². The van der Waals surface area contributed by atoms with E-state index < -0.39 is 16.9 Å². The highest BCUT2D eigenvalue weighted by molar-refractivity contribution is 5.96. The number of nitrogens with zero attached hydrogens (tertiary/aromatic N) is 1. The fraction of sp³-hybridized carbons (Fsp3) is 0.548. The van der Waals surface area contributed by atoms with E-state index in [2.05, 4.69) is 0 Å². The number of hydrogen-bond acceptors (Lipinski definition) is 5. The molecule has 202 valence electrons. The highest BCUT2D eigenvalue weighted by atomic mass is 16.3. The van der Waals surface area contributed by atoms with Crippen LogP contribution < -0.4 is 5.73 Å². The average Bonchev–Trinajstić information content (AvgIpc) is 3.38. The lowest BCUT2D eigenvalue weighted by Crippen LogP contribution is -2.68. The molecule has 7 heteroatoms. The van der Waals surface area contributed by atoms with E-state index in [0.29, 0.717) is 37.2 Å². The van der Waals surface area contributed by atoms with Gasteiger partial charge >= 0.3 is 0 Å². The molecule has 4 aliphatic rings. The van der Waals surface area contributed by atoms with Crippen LogP contribution >= 0.6 is 0 Å². The van der Waals surface area contributed by atoms with Crippen molar-refractivity contribution in [1.82, 2.24) is 4.90 Å². The zero-order chi connectivity index (χ0) is 26.7. The zero-order valence-electron chi connectivity index (χ0n) is 22.1. The first-order valence-electron chi connectivity index (χ1n) is 14.1. The lowest BCUT2D eigenvalue weighted by Gasteiger charge is -2.65. The maximum absolute atomic E-state index is 13.2. The number of aromatic hydroxyl groups is 1. The molecule has 1 aromatic carbocycles. The molecule has 4 aliphatic carbocycles. The summed E-state index contributed by atoms with van der Waals surface area (Å²) in [5.41, 5.74) is 6.53. The molecule has 0 saturated heterocycles. The number of nitrogens with two attached hydrogens (primary N) is 1. The molecular weight excluding hydrogens is 480 g/mol. The second-order valence-electron chi connectivity index (χ2n) is 12.2. The quantitative estimate of drug-likeness (QED) is 0.485. The van der Waals surface area contributed by atoms with Gasteiger partial charge < -0.3 is 25.3 Å². The monoisotopic (exact) mass is 518 g/mol. The fourth-order valence-electron chi connectivity index (χ4n) is 8.34. The van der Waals surface area contributed by atoms with Crippen molar-refractivity contribution in [3.63, 3.8) is 0 Å². The van der Waals surface area contributed by atoms with E-state index in [9.17, 15) is 19.8 Å². The van der Waals surface area contributed by atoms with Crippen molar-refractivity contribution in [2.75, 3.05) is 7.05 Å². The molecule has 1 aromatic heterocycles. The first-order chi connectivity index (χ1) is 18.2. The highest BCUT2D eigenvalue weighted by Gasteiger charge is 2.66. The third kappa shape index (κ3) is 3.81. The number of amides is 2. The number of furan rings is 1. The molecular formula is C31H38N2O5. The first-order valence-corrected chi connectivity index (χ1v) is 14.1. The van der Waals surface area contributed by atoms with Crippen LogP contribution in [-0.4, -0.2) is 45.6 Å². The van der Waals surface area contributed by atoms with Crippen LogP contribution in [0.2, 0.25) is 0 Å². The van der Waals surface area contributed by atoms with E-state index in [1.54, 1.807) is 41.7 Å². The Bertz CT molecular complexity index is 1270. The topological polar surface area (TPSA) is 117 Å². The highest BCUT2D eigenvalue weighted by Crippen LogP contribution is 2.65. The van der Waals surface area contributed by atoms with Crippen LogP contribution in [0, 0.1) is 17.8 Å². The van der Waals surface area contributed by atoms with Gasteiger partial charge in [-0.05, 0) is 86.5 Å². The Morgan fingerprint density at radius 2 is 2.00 bits per heavy atom. The predicted octanol–water partition coefficient (Wildman–Crippen LogP) is 4.55. The van der Waals surface area contributed by atoms with Crippen LogP contribution in [0.3, 0.4) is 0 Å². The second kappa shape index (κ2) is 9.30. The molecule has 2 unspecified atom stereocenters. The van der Waals surface area contributed by atoms with Crippen molar-refractivity contribution in [1.29, 1.82) is 0 Å². The van der Waals surface area contributed by atoms with Gasteiger partial charge in [0, 0.05) is 35.7 Å². The summed E-state index contributed by atoms with van der Waals surface area (Å²) < 4.78 is 5.09. The molecule has 4 N–H and O–H groups in total. The van der Waals surface area contributed by atoms with Crippen molar-refractivity contribution in [2.24, 2.45) is 23.5 Å². The van der Waals surface area contributed by atoms with E-state index in [4.69, 9.17) is 10.2 Å². The summed E-state index contributed by atoms with van der Waals surface area (Å²) in [7, 11) is 1.82. The van der Waals surface area contributed by atoms with E-state index in [1.165, 1.54) is 19.3 Å². The van der Waals surface area contributed by atoms with Gasteiger partial charge in [0.05, 0.1) is 23.7 Å².